The maximum Gasteiger partial charge on any atom is 0.490 e. The van der Waals surface area contributed by atoms with Crippen molar-refractivity contribution in [2.24, 2.45) is 4.99 Å². The molecule has 0 aliphatic rings. The Labute approximate surface area is 225 Å². The standard InChI is InChI=1S/C27H40BN5O5/c1-16(2)29-26(30-17(3)4)31-22-15-19(13-14-21(22)28(36)37)25(35)33(27(6,7)8)32-24(34)20-11-10-12-23(38-9)18(20)5/h10-17,36-37H,1-9H3,(H,32,34)(H2,29,30,31). The normalized spacial score (nSPS) is 11.9. The second-order valence-corrected chi connectivity index (χ2v) is 10.6. The van der Waals surface area contributed by atoms with E-state index in [4.69, 9.17) is 4.74 Å². The van der Waals surface area contributed by atoms with Crippen LogP contribution in [0.3, 0.4) is 0 Å². The summed E-state index contributed by atoms with van der Waals surface area (Å²) in [6.45, 7) is 14.9. The molecule has 0 unspecified atom stereocenters. The van der Waals surface area contributed by atoms with Crippen molar-refractivity contribution in [1.82, 2.24) is 15.8 Å². The number of rotatable bonds is 7. The first-order valence-electron chi connectivity index (χ1n) is 12.6. The molecule has 11 heteroatoms. The van der Waals surface area contributed by atoms with Gasteiger partial charge in [0.2, 0.25) is 0 Å². The van der Waals surface area contributed by atoms with Crippen LogP contribution in [0.25, 0.3) is 0 Å². The molecule has 0 aliphatic carbocycles. The number of guanidine groups is 1. The number of aliphatic imine (C=N–C) groups is 1. The van der Waals surface area contributed by atoms with Crippen LogP contribution in [0, 0.1) is 6.92 Å². The molecule has 2 aromatic rings. The molecular formula is C27H40BN5O5. The van der Waals surface area contributed by atoms with E-state index in [1.807, 2.05) is 27.7 Å². The molecule has 2 amide bonds. The summed E-state index contributed by atoms with van der Waals surface area (Å²) in [5.41, 5.74) is 3.67. The van der Waals surface area contributed by atoms with E-state index in [1.54, 1.807) is 45.9 Å². The van der Waals surface area contributed by atoms with Gasteiger partial charge in [-0.25, -0.2) is 5.01 Å². The molecule has 10 nitrogen and oxygen atoms in total. The molecular weight excluding hydrogens is 485 g/mol. The van der Waals surface area contributed by atoms with Crippen LogP contribution in [0.5, 0.6) is 5.75 Å². The highest BCUT2D eigenvalue weighted by Gasteiger charge is 2.31. The number of carbonyl (C=O) groups is 2. The van der Waals surface area contributed by atoms with Gasteiger partial charge in [0, 0.05) is 39.9 Å². The average Bonchev–Trinajstić information content (AvgIpc) is 2.80. The van der Waals surface area contributed by atoms with Gasteiger partial charge >= 0.3 is 7.12 Å². The Morgan fingerprint density at radius 2 is 1.74 bits per heavy atom. The molecule has 38 heavy (non-hydrogen) atoms. The van der Waals surface area contributed by atoms with Crippen LogP contribution in [-0.4, -0.2) is 64.7 Å². The zero-order valence-electron chi connectivity index (χ0n) is 23.7. The van der Waals surface area contributed by atoms with Crippen molar-refractivity contribution in [1.29, 1.82) is 0 Å². The number of ether oxygens (including phenoxy) is 1. The predicted molar refractivity (Wildman–Crippen MR) is 152 cm³/mol. The third-order valence-corrected chi connectivity index (χ3v) is 5.48. The van der Waals surface area contributed by atoms with Crippen LogP contribution in [0.2, 0.25) is 0 Å². The molecule has 206 valence electrons. The summed E-state index contributed by atoms with van der Waals surface area (Å²) in [5, 5.41) is 27.5. The fraction of sp³-hybridized carbons (Fsp3) is 0.444. The van der Waals surface area contributed by atoms with Crippen molar-refractivity contribution in [2.45, 2.75) is 73.0 Å². The summed E-state index contributed by atoms with van der Waals surface area (Å²) in [6.07, 6.45) is 0. The van der Waals surface area contributed by atoms with Gasteiger partial charge < -0.3 is 25.4 Å². The van der Waals surface area contributed by atoms with Gasteiger partial charge in [0.15, 0.2) is 5.96 Å². The lowest BCUT2D eigenvalue weighted by Crippen LogP contribution is -2.56. The average molecular weight is 525 g/mol. The van der Waals surface area contributed by atoms with Crippen LogP contribution >= 0.6 is 0 Å². The molecule has 0 aliphatic heterocycles. The van der Waals surface area contributed by atoms with E-state index < -0.39 is 24.5 Å². The number of methoxy groups -OCH3 is 1. The molecule has 0 fully saturated rings. The predicted octanol–water partition coefficient (Wildman–Crippen LogP) is 2.44. The summed E-state index contributed by atoms with van der Waals surface area (Å²) in [5.74, 6) is 0.0514. The number of benzene rings is 2. The van der Waals surface area contributed by atoms with Crippen LogP contribution in [0.1, 0.15) is 74.7 Å². The van der Waals surface area contributed by atoms with Gasteiger partial charge in [-0.1, -0.05) is 12.1 Å². The van der Waals surface area contributed by atoms with E-state index in [0.717, 1.165) is 0 Å². The lowest BCUT2D eigenvalue weighted by Gasteiger charge is -2.35. The van der Waals surface area contributed by atoms with Crippen molar-refractivity contribution in [2.75, 3.05) is 12.4 Å². The van der Waals surface area contributed by atoms with E-state index in [-0.39, 0.29) is 23.1 Å². The first-order valence-corrected chi connectivity index (χ1v) is 12.6. The summed E-state index contributed by atoms with van der Waals surface area (Å²) >= 11 is 0. The Balaban J connectivity index is 2.48. The number of hydrazine groups is 1. The zero-order valence-corrected chi connectivity index (χ0v) is 23.7. The number of hydrogen-bond donors (Lipinski definition) is 5. The molecule has 5 N–H and O–H groups in total. The van der Waals surface area contributed by atoms with Gasteiger partial charge in [-0.3, -0.25) is 20.0 Å². The molecule has 0 atom stereocenters. The van der Waals surface area contributed by atoms with Crippen molar-refractivity contribution in [3.8, 4) is 5.75 Å². The van der Waals surface area contributed by atoms with Gasteiger partial charge in [0.05, 0.1) is 12.6 Å². The number of anilines is 1. The summed E-state index contributed by atoms with van der Waals surface area (Å²) in [4.78, 5) is 31.5. The van der Waals surface area contributed by atoms with Gasteiger partial charge in [-0.2, -0.15) is 0 Å². The number of amides is 2. The molecule has 0 spiro atoms. The van der Waals surface area contributed by atoms with Gasteiger partial charge in [-0.15, -0.1) is 0 Å². The fourth-order valence-corrected chi connectivity index (χ4v) is 3.68. The summed E-state index contributed by atoms with van der Waals surface area (Å²) in [6, 6.07) is 9.60. The third kappa shape index (κ3) is 7.96. The second-order valence-electron chi connectivity index (χ2n) is 10.6. The first kappa shape index (κ1) is 30.7. The number of carbonyl (C=O) groups excluding carboxylic acids is 2. The highest BCUT2D eigenvalue weighted by molar-refractivity contribution is 6.60. The highest BCUT2D eigenvalue weighted by Crippen LogP contribution is 2.22. The van der Waals surface area contributed by atoms with Crippen molar-refractivity contribution in [3.63, 3.8) is 0 Å². The zero-order chi connectivity index (χ0) is 28.8. The van der Waals surface area contributed by atoms with E-state index >= 15 is 0 Å². The quantitative estimate of drug-likeness (QED) is 0.162. The third-order valence-electron chi connectivity index (χ3n) is 5.48. The van der Waals surface area contributed by atoms with E-state index in [1.165, 1.54) is 30.3 Å². The Bertz CT molecular complexity index is 1170. The minimum atomic E-state index is -1.78. The van der Waals surface area contributed by atoms with E-state index in [2.05, 4.69) is 21.1 Å². The van der Waals surface area contributed by atoms with Crippen LogP contribution < -0.4 is 26.3 Å². The van der Waals surface area contributed by atoms with Gasteiger partial charge in [-0.05, 0) is 79.7 Å². The van der Waals surface area contributed by atoms with Crippen LogP contribution in [-0.2, 0) is 0 Å². The maximum atomic E-state index is 13.7. The summed E-state index contributed by atoms with van der Waals surface area (Å²) < 4.78 is 5.32. The largest absolute Gasteiger partial charge is 0.496 e. The molecule has 2 aromatic carbocycles. The molecule has 0 heterocycles. The maximum absolute atomic E-state index is 13.7. The Morgan fingerprint density at radius 1 is 1.08 bits per heavy atom. The smallest absolute Gasteiger partial charge is 0.490 e. The minimum Gasteiger partial charge on any atom is -0.496 e. The second kappa shape index (κ2) is 12.8. The SMILES string of the molecule is COc1cccc(C(=O)NN(C(=O)c2ccc(B(O)O)c(NC(=NC(C)C)NC(C)C)c2)C(C)(C)C)c1C. The molecule has 0 saturated carbocycles. The molecule has 0 aromatic heterocycles. The molecule has 2 rings (SSSR count). The molecule has 0 bridgehead atoms. The van der Waals surface area contributed by atoms with Crippen LogP contribution in [0.15, 0.2) is 41.4 Å². The highest BCUT2D eigenvalue weighted by atomic mass is 16.5. The monoisotopic (exact) mass is 525 g/mol. The Morgan fingerprint density at radius 3 is 2.26 bits per heavy atom. The van der Waals surface area contributed by atoms with Crippen LogP contribution in [0.4, 0.5) is 5.69 Å². The summed E-state index contributed by atoms with van der Waals surface area (Å²) in [7, 11) is -0.253. The number of nitrogens with zero attached hydrogens (tertiary/aromatic N) is 2. The van der Waals surface area contributed by atoms with Gasteiger partial charge in [0.25, 0.3) is 11.8 Å². The van der Waals surface area contributed by atoms with E-state index in [9.17, 15) is 19.6 Å². The van der Waals surface area contributed by atoms with E-state index in [0.29, 0.717) is 28.5 Å². The topological polar surface area (TPSA) is 136 Å². The van der Waals surface area contributed by atoms with Gasteiger partial charge in [0.1, 0.15) is 5.75 Å². The Hall–Kier alpha value is -3.57. The molecule has 0 radical (unpaired) electrons. The van der Waals surface area contributed by atoms with Crippen molar-refractivity contribution in [3.05, 3.63) is 53.1 Å². The lowest BCUT2D eigenvalue weighted by molar-refractivity contribution is 0.0358. The first-order chi connectivity index (χ1) is 17.6. The number of hydrogen-bond acceptors (Lipinski definition) is 6. The number of nitrogens with one attached hydrogen (secondary N) is 3. The van der Waals surface area contributed by atoms with Crippen molar-refractivity contribution < 1.29 is 24.4 Å². The minimum absolute atomic E-state index is 0.0391. The van der Waals surface area contributed by atoms with Crippen molar-refractivity contribution >= 4 is 36.0 Å². The lowest BCUT2D eigenvalue weighted by atomic mass is 9.78. The Kier molecular flexibility index (Phi) is 10.3. The fourth-order valence-electron chi connectivity index (χ4n) is 3.68. The molecule has 0 saturated heterocycles.